The van der Waals surface area contributed by atoms with Gasteiger partial charge in [-0.25, -0.2) is 0 Å². The Morgan fingerprint density at radius 2 is 1.63 bits per heavy atom. The summed E-state index contributed by atoms with van der Waals surface area (Å²) in [6.07, 6.45) is 16.5. The van der Waals surface area contributed by atoms with Crippen LogP contribution in [0.25, 0.3) is 0 Å². The molecule has 3 unspecified atom stereocenters. The summed E-state index contributed by atoms with van der Waals surface area (Å²) in [7, 11) is 0. The van der Waals surface area contributed by atoms with Crippen LogP contribution in [0.4, 0.5) is 0 Å². The standard InChI is InChI=1S/C18H33N/c1-2-14-7-8-16(13-19-18-9-10-18)17(11-14)12-15-5-3-4-6-15/h14-19H,2-13H2,1H3. The molecular weight excluding hydrogens is 230 g/mol. The van der Waals surface area contributed by atoms with E-state index in [0.29, 0.717) is 0 Å². The zero-order valence-corrected chi connectivity index (χ0v) is 12.9. The summed E-state index contributed by atoms with van der Waals surface area (Å²) >= 11 is 0. The Morgan fingerprint density at radius 1 is 0.842 bits per heavy atom. The fraction of sp³-hybridized carbons (Fsp3) is 1.00. The van der Waals surface area contributed by atoms with Gasteiger partial charge in [0.05, 0.1) is 0 Å². The summed E-state index contributed by atoms with van der Waals surface area (Å²) in [5.74, 6) is 4.18. The van der Waals surface area contributed by atoms with E-state index in [1.807, 2.05) is 0 Å². The third kappa shape index (κ3) is 3.97. The molecular formula is C18H33N. The molecule has 0 aromatic carbocycles. The minimum Gasteiger partial charge on any atom is -0.314 e. The van der Waals surface area contributed by atoms with Crippen molar-refractivity contribution in [2.75, 3.05) is 6.54 Å². The normalized spacial score (nSPS) is 36.8. The minimum atomic E-state index is 0.899. The maximum absolute atomic E-state index is 3.81. The summed E-state index contributed by atoms with van der Waals surface area (Å²) in [5.41, 5.74) is 0. The Bertz CT molecular complexity index is 265. The van der Waals surface area contributed by atoms with E-state index in [1.54, 1.807) is 12.8 Å². The van der Waals surface area contributed by atoms with Gasteiger partial charge in [0.25, 0.3) is 0 Å². The molecule has 3 saturated carbocycles. The van der Waals surface area contributed by atoms with Gasteiger partial charge in [0.1, 0.15) is 0 Å². The molecule has 3 atom stereocenters. The van der Waals surface area contributed by atoms with Crippen molar-refractivity contribution < 1.29 is 0 Å². The van der Waals surface area contributed by atoms with Crippen LogP contribution in [0, 0.1) is 23.7 Å². The van der Waals surface area contributed by atoms with Gasteiger partial charge in [-0.05, 0) is 62.3 Å². The summed E-state index contributed by atoms with van der Waals surface area (Å²) in [5, 5.41) is 3.81. The van der Waals surface area contributed by atoms with E-state index in [1.165, 1.54) is 64.3 Å². The Hall–Kier alpha value is -0.0400. The summed E-state index contributed by atoms with van der Waals surface area (Å²) < 4.78 is 0. The lowest BCUT2D eigenvalue weighted by atomic mass is 9.70. The number of hydrogen-bond acceptors (Lipinski definition) is 1. The lowest BCUT2D eigenvalue weighted by molar-refractivity contribution is 0.145. The van der Waals surface area contributed by atoms with Gasteiger partial charge >= 0.3 is 0 Å². The molecule has 1 nitrogen and oxygen atoms in total. The van der Waals surface area contributed by atoms with Crippen LogP contribution >= 0.6 is 0 Å². The summed E-state index contributed by atoms with van der Waals surface area (Å²) in [4.78, 5) is 0. The quantitative estimate of drug-likeness (QED) is 0.728. The zero-order chi connectivity index (χ0) is 13.1. The molecule has 0 saturated heterocycles. The topological polar surface area (TPSA) is 12.0 Å². The van der Waals surface area contributed by atoms with Crippen LogP contribution in [0.2, 0.25) is 0 Å². The summed E-state index contributed by atoms with van der Waals surface area (Å²) in [6, 6.07) is 0.899. The molecule has 0 aliphatic heterocycles. The van der Waals surface area contributed by atoms with Crippen LogP contribution in [0.1, 0.15) is 77.6 Å². The molecule has 0 heterocycles. The Morgan fingerprint density at radius 3 is 2.32 bits per heavy atom. The third-order valence-electron chi connectivity index (χ3n) is 6.18. The Kier molecular flexibility index (Phi) is 4.84. The van der Waals surface area contributed by atoms with Gasteiger partial charge < -0.3 is 5.32 Å². The zero-order valence-electron chi connectivity index (χ0n) is 12.9. The van der Waals surface area contributed by atoms with E-state index in [4.69, 9.17) is 0 Å². The van der Waals surface area contributed by atoms with E-state index in [2.05, 4.69) is 12.2 Å². The van der Waals surface area contributed by atoms with Crippen LogP contribution in [-0.4, -0.2) is 12.6 Å². The van der Waals surface area contributed by atoms with E-state index >= 15 is 0 Å². The first-order chi connectivity index (χ1) is 9.35. The largest absolute Gasteiger partial charge is 0.314 e. The van der Waals surface area contributed by atoms with Gasteiger partial charge in [-0.3, -0.25) is 0 Å². The molecule has 3 aliphatic carbocycles. The van der Waals surface area contributed by atoms with Crippen LogP contribution in [0.15, 0.2) is 0 Å². The maximum Gasteiger partial charge on any atom is 0.00683 e. The van der Waals surface area contributed by atoms with Crippen LogP contribution in [0.3, 0.4) is 0 Å². The maximum atomic E-state index is 3.81. The molecule has 0 aromatic rings. The molecule has 1 N–H and O–H groups in total. The van der Waals surface area contributed by atoms with Crippen molar-refractivity contribution in [3.8, 4) is 0 Å². The van der Waals surface area contributed by atoms with Crippen molar-refractivity contribution in [2.45, 2.75) is 83.6 Å². The molecule has 19 heavy (non-hydrogen) atoms. The molecule has 3 rings (SSSR count). The molecule has 3 fully saturated rings. The predicted octanol–water partition coefficient (Wildman–Crippen LogP) is 4.76. The van der Waals surface area contributed by atoms with Gasteiger partial charge in [0, 0.05) is 6.04 Å². The fourth-order valence-corrected chi connectivity index (χ4v) is 4.63. The Balaban J connectivity index is 1.52. The average molecular weight is 263 g/mol. The number of nitrogens with one attached hydrogen (secondary N) is 1. The number of rotatable bonds is 6. The molecule has 0 bridgehead atoms. The van der Waals surface area contributed by atoms with Crippen LogP contribution < -0.4 is 5.32 Å². The second-order valence-corrected chi connectivity index (χ2v) is 7.68. The first kappa shape index (κ1) is 13.9. The van der Waals surface area contributed by atoms with Crippen molar-refractivity contribution in [3.05, 3.63) is 0 Å². The minimum absolute atomic E-state index is 0.899. The molecule has 0 radical (unpaired) electrons. The second-order valence-electron chi connectivity index (χ2n) is 7.68. The molecule has 1 heteroatoms. The van der Waals surface area contributed by atoms with E-state index in [-0.39, 0.29) is 0 Å². The van der Waals surface area contributed by atoms with Crippen molar-refractivity contribution >= 4 is 0 Å². The highest BCUT2D eigenvalue weighted by Gasteiger charge is 2.33. The van der Waals surface area contributed by atoms with Crippen molar-refractivity contribution in [1.29, 1.82) is 0 Å². The van der Waals surface area contributed by atoms with E-state index < -0.39 is 0 Å². The van der Waals surface area contributed by atoms with Gasteiger partial charge in [-0.1, -0.05) is 45.4 Å². The van der Waals surface area contributed by atoms with Crippen molar-refractivity contribution in [1.82, 2.24) is 5.32 Å². The first-order valence-electron chi connectivity index (χ1n) is 9.08. The lowest BCUT2D eigenvalue weighted by Gasteiger charge is -2.37. The molecule has 110 valence electrons. The highest BCUT2D eigenvalue weighted by Crippen LogP contribution is 2.42. The lowest BCUT2D eigenvalue weighted by Crippen LogP contribution is -2.34. The van der Waals surface area contributed by atoms with Crippen molar-refractivity contribution in [3.63, 3.8) is 0 Å². The van der Waals surface area contributed by atoms with Crippen molar-refractivity contribution in [2.24, 2.45) is 23.7 Å². The highest BCUT2D eigenvalue weighted by atomic mass is 14.9. The van der Waals surface area contributed by atoms with Crippen LogP contribution in [0.5, 0.6) is 0 Å². The van der Waals surface area contributed by atoms with Crippen LogP contribution in [-0.2, 0) is 0 Å². The predicted molar refractivity (Wildman–Crippen MR) is 82.2 cm³/mol. The fourth-order valence-electron chi connectivity index (χ4n) is 4.63. The average Bonchev–Trinajstić information content (AvgIpc) is 3.13. The van der Waals surface area contributed by atoms with Gasteiger partial charge in [0.2, 0.25) is 0 Å². The second kappa shape index (κ2) is 6.61. The van der Waals surface area contributed by atoms with E-state index in [9.17, 15) is 0 Å². The SMILES string of the molecule is CCC1CCC(CNC2CC2)C(CC2CCCC2)C1. The van der Waals surface area contributed by atoms with Gasteiger partial charge in [0.15, 0.2) is 0 Å². The van der Waals surface area contributed by atoms with Gasteiger partial charge in [-0.15, -0.1) is 0 Å². The smallest absolute Gasteiger partial charge is 0.00683 e. The highest BCUT2D eigenvalue weighted by molar-refractivity contribution is 4.87. The Labute approximate surface area is 119 Å². The van der Waals surface area contributed by atoms with E-state index in [0.717, 1.165) is 29.7 Å². The summed E-state index contributed by atoms with van der Waals surface area (Å²) in [6.45, 7) is 3.73. The molecule has 0 amide bonds. The molecule has 3 aliphatic rings. The molecule has 0 aromatic heterocycles. The first-order valence-corrected chi connectivity index (χ1v) is 9.08. The van der Waals surface area contributed by atoms with Gasteiger partial charge in [-0.2, -0.15) is 0 Å². The third-order valence-corrected chi connectivity index (χ3v) is 6.18. The monoisotopic (exact) mass is 263 g/mol. The molecule has 0 spiro atoms. The number of hydrogen-bond donors (Lipinski definition) is 1.